The summed E-state index contributed by atoms with van der Waals surface area (Å²) in [6.07, 6.45) is 10.6. The van der Waals surface area contributed by atoms with Gasteiger partial charge in [-0.1, -0.05) is 0 Å². The molecule has 0 aromatic carbocycles. The van der Waals surface area contributed by atoms with Crippen LogP contribution in [0.5, 0.6) is 0 Å². The Morgan fingerprint density at radius 3 is 1.58 bits per heavy atom. The number of nitrogens with zero attached hydrogens (tertiary/aromatic N) is 4. The van der Waals surface area contributed by atoms with Crippen molar-refractivity contribution >= 4 is 0 Å². The standard InChI is InChI=1S/C18H13N5.H2O/c1-7-19-8-2-13(1)16-17(14-3-9-20-10-4-14)23-18(22-16)15-5-11-21-12-6-15;/h1-12H,(H,22,23);1H2. The molecule has 0 unspecified atom stereocenters. The Kier molecular flexibility index (Phi) is 4.40. The van der Waals surface area contributed by atoms with E-state index in [-0.39, 0.29) is 5.48 Å². The van der Waals surface area contributed by atoms with Crippen molar-refractivity contribution in [3.63, 3.8) is 0 Å². The predicted octanol–water partition coefficient (Wildman–Crippen LogP) is 2.77. The number of pyridine rings is 3. The second kappa shape index (κ2) is 6.80. The number of imidazole rings is 1. The van der Waals surface area contributed by atoms with Crippen molar-refractivity contribution in [2.45, 2.75) is 0 Å². The maximum absolute atomic E-state index is 4.80. The van der Waals surface area contributed by atoms with E-state index in [0.717, 1.165) is 33.9 Å². The zero-order valence-electron chi connectivity index (χ0n) is 12.7. The van der Waals surface area contributed by atoms with Crippen LogP contribution in [0.1, 0.15) is 0 Å². The van der Waals surface area contributed by atoms with Gasteiger partial charge in [-0.2, -0.15) is 0 Å². The molecule has 6 heteroatoms. The van der Waals surface area contributed by atoms with Gasteiger partial charge >= 0.3 is 0 Å². The molecule has 4 rings (SSSR count). The normalized spacial score (nSPS) is 10.2. The number of rotatable bonds is 3. The van der Waals surface area contributed by atoms with Crippen LogP contribution in [0.25, 0.3) is 33.9 Å². The van der Waals surface area contributed by atoms with Crippen LogP contribution in [0.3, 0.4) is 0 Å². The van der Waals surface area contributed by atoms with Crippen LogP contribution < -0.4 is 0 Å². The smallest absolute Gasteiger partial charge is 0.138 e. The van der Waals surface area contributed by atoms with Crippen molar-refractivity contribution in [1.82, 2.24) is 24.9 Å². The van der Waals surface area contributed by atoms with Crippen LogP contribution in [-0.4, -0.2) is 30.4 Å². The van der Waals surface area contributed by atoms with Crippen molar-refractivity contribution in [2.24, 2.45) is 0 Å². The Bertz CT molecular complexity index is 851. The van der Waals surface area contributed by atoms with Gasteiger partial charge in [-0.25, -0.2) is 4.98 Å². The van der Waals surface area contributed by atoms with Gasteiger partial charge in [-0.15, -0.1) is 0 Å². The highest BCUT2D eigenvalue weighted by Crippen LogP contribution is 2.32. The molecule has 4 aromatic rings. The third-order valence-corrected chi connectivity index (χ3v) is 3.58. The molecule has 0 radical (unpaired) electrons. The highest BCUT2D eigenvalue weighted by Gasteiger charge is 2.14. The summed E-state index contributed by atoms with van der Waals surface area (Å²) in [5.41, 5.74) is 4.91. The minimum atomic E-state index is 0. The maximum atomic E-state index is 4.80. The minimum absolute atomic E-state index is 0. The van der Waals surface area contributed by atoms with Gasteiger partial charge in [-0.3, -0.25) is 15.0 Å². The average molecular weight is 317 g/mol. The van der Waals surface area contributed by atoms with E-state index in [4.69, 9.17) is 4.98 Å². The van der Waals surface area contributed by atoms with Crippen LogP contribution >= 0.6 is 0 Å². The number of aromatic amines is 1. The van der Waals surface area contributed by atoms with Crippen LogP contribution in [0.4, 0.5) is 0 Å². The summed E-state index contributed by atoms with van der Waals surface area (Å²) in [4.78, 5) is 20.4. The maximum Gasteiger partial charge on any atom is 0.138 e. The fourth-order valence-electron chi connectivity index (χ4n) is 2.47. The Morgan fingerprint density at radius 2 is 1.04 bits per heavy atom. The summed E-state index contributed by atoms with van der Waals surface area (Å²) < 4.78 is 0. The molecule has 0 aliphatic heterocycles. The van der Waals surface area contributed by atoms with Crippen LogP contribution in [0.15, 0.2) is 73.6 Å². The molecule has 4 heterocycles. The van der Waals surface area contributed by atoms with E-state index in [1.54, 1.807) is 37.2 Å². The Balaban J connectivity index is 0.00000169. The molecule has 6 nitrogen and oxygen atoms in total. The number of nitrogens with one attached hydrogen (secondary N) is 1. The van der Waals surface area contributed by atoms with E-state index in [0.29, 0.717) is 0 Å². The molecule has 3 N–H and O–H groups in total. The Hall–Kier alpha value is -3.38. The summed E-state index contributed by atoms with van der Waals surface area (Å²) in [6.45, 7) is 0. The average Bonchev–Trinajstić information content (AvgIpc) is 3.09. The van der Waals surface area contributed by atoms with E-state index < -0.39 is 0 Å². The minimum Gasteiger partial charge on any atom is -0.412 e. The number of hydrogen-bond acceptors (Lipinski definition) is 4. The molecule has 0 atom stereocenters. The van der Waals surface area contributed by atoms with Crippen LogP contribution in [0, 0.1) is 0 Å². The van der Waals surface area contributed by atoms with E-state index in [2.05, 4.69) is 19.9 Å². The molecule has 0 bridgehead atoms. The van der Waals surface area contributed by atoms with Gasteiger partial charge in [0, 0.05) is 53.9 Å². The molecular weight excluding hydrogens is 302 g/mol. The third kappa shape index (κ3) is 2.90. The molecule has 0 saturated carbocycles. The summed E-state index contributed by atoms with van der Waals surface area (Å²) >= 11 is 0. The van der Waals surface area contributed by atoms with Gasteiger partial charge in [0.2, 0.25) is 0 Å². The quantitative estimate of drug-likeness (QED) is 0.628. The predicted molar refractivity (Wildman–Crippen MR) is 91.9 cm³/mol. The lowest BCUT2D eigenvalue weighted by atomic mass is 10.1. The Labute approximate surface area is 138 Å². The lowest BCUT2D eigenvalue weighted by molar-refractivity contribution is 0.824. The number of hydrogen-bond donors (Lipinski definition) is 1. The lowest BCUT2D eigenvalue weighted by Crippen LogP contribution is -1.84. The molecule has 0 saturated heterocycles. The summed E-state index contributed by atoms with van der Waals surface area (Å²) in [5, 5.41) is 0. The van der Waals surface area contributed by atoms with Gasteiger partial charge in [0.25, 0.3) is 0 Å². The largest absolute Gasteiger partial charge is 0.412 e. The number of aromatic nitrogens is 5. The van der Waals surface area contributed by atoms with Crippen molar-refractivity contribution < 1.29 is 5.48 Å². The zero-order valence-corrected chi connectivity index (χ0v) is 12.7. The fraction of sp³-hybridized carbons (Fsp3) is 0. The van der Waals surface area contributed by atoms with E-state index in [9.17, 15) is 0 Å². The molecule has 0 amide bonds. The lowest BCUT2D eigenvalue weighted by Gasteiger charge is -2.02. The summed E-state index contributed by atoms with van der Waals surface area (Å²) in [5.74, 6) is 0.811. The van der Waals surface area contributed by atoms with Crippen LogP contribution in [-0.2, 0) is 0 Å². The van der Waals surface area contributed by atoms with Crippen molar-refractivity contribution in [3.8, 4) is 33.9 Å². The highest BCUT2D eigenvalue weighted by molar-refractivity contribution is 5.80. The molecule has 4 aromatic heterocycles. The second-order valence-electron chi connectivity index (χ2n) is 5.02. The molecule has 0 spiro atoms. The first-order valence-electron chi connectivity index (χ1n) is 7.23. The van der Waals surface area contributed by atoms with Gasteiger partial charge < -0.3 is 10.5 Å². The molecule has 118 valence electrons. The van der Waals surface area contributed by atoms with Crippen molar-refractivity contribution in [3.05, 3.63) is 73.6 Å². The SMILES string of the molecule is O.c1cc(-c2nc(-c3ccncc3)c(-c3ccncc3)[nH]2)ccn1. The number of H-pyrrole nitrogens is 1. The van der Waals surface area contributed by atoms with Gasteiger partial charge in [0.15, 0.2) is 0 Å². The van der Waals surface area contributed by atoms with Crippen molar-refractivity contribution in [1.29, 1.82) is 0 Å². The molecular formula is C18H15N5O. The van der Waals surface area contributed by atoms with Gasteiger partial charge in [0.05, 0.1) is 11.4 Å². The van der Waals surface area contributed by atoms with Crippen LogP contribution in [0.2, 0.25) is 0 Å². The first-order valence-corrected chi connectivity index (χ1v) is 7.23. The second-order valence-corrected chi connectivity index (χ2v) is 5.02. The third-order valence-electron chi connectivity index (χ3n) is 3.58. The topological polar surface area (TPSA) is 98.9 Å². The molecule has 0 aliphatic rings. The monoisotopic (exact) mass is 317 g/mol. The highest BCUT2D eigenvalue weighted by atomic mass is 16.0. The summed E-state index contributed by atoms with van der Waals surface area (Å²) in [6, 6.07) is 11.7. The molecule has 0 aliphatic carbocycles. The fourth-order valence-corrected chi connectivity index (χ4v) is 2.47. The summed E-state index contributed by atoms with van der Waals surface area (Å²) in [7, 11) is 0. The van der Waals surface area contributed by atoms with Gasteiger partial charge in [0.1, 0.15) is 5.82 Å². The van der Waals surface area contributed by atoms with E-state index in [1.165, 1.54) is 0 Å². The van der Waals surface area contributed by atoms with Gasteiger partial charge in [-0.05, 0) is 36.4 Å². The van der Waals surface area contributed by atoms with E-state index in [1.807, 2.05) is 36.4 Å². The molecule has 0 fully saturated rings. The zero-order chi connectivity index (χ0) is 15.5. The molecule has 24 heavy (non-hydrogen) atoms. The van der Waals surface area contributed by atoms with Crippen molar-refractivity contribution in [2.75, 3.05) is 0 Å². The first kappa shape index (κ1) is 15.5. The first-order chi connectivity index (χ1) is 11.4. The Morgan fingerprint density at radius 1 is 0.583 bits per heavy atom. The van der Waals surface area contributed by atoms with E-state index >= 15 is 0 Å².